The van der Waals surface area contributed by atoms with Crippen LogP contribution in [0.3, 0.4) is 0 Å². The molecule has 0 saturated carbocycles. The Balaban J connectivity index is 1.29. The molecule has 0 radical (unpaired) electrons. The lowest BCUT2D eigenvalue weighted by molar-refractivity contribution is -0.126. The number of anilines is 1. The van der Waals surface area contributed by atoms with Crippen LogP contribution < -0.4 is 9.62 Å². The van der Waals surface area contributed by atoms with Gasteiger partial charge >= 0.3 is 0 Å². The van der Waals surface area contributed by atoms with Gasteiger partial charge in [0.25, 0.3) is 0 Å². The molecule has 2 aromatic heterocycles. The van der Waals surface area contributed by atoms with Crippen LogP contribution in [0.1, 0.15) is 5.56 Å². The zero-order chi connectivity index (χ0) is 23.2. The van der Waals surface area contributed by atoms with Gasteiger partial charge in [-0.3, -0.25) is 4.98 Å². The summed E-state index contributed by atoms with van der Waals surface area (Å²) in [5.41, 5.74) is 5.35. The first-order valence-corrected chi connectivity index (χ1v) is 12.7. The standard InChI is InChI=1S/C26H24N4O3S/c31-34(32,28-14-19-5-2-1-3-6-19)21-8-4-7-20(13-21)22-9-10-23-25(29-22)24(11-12-27-23)30-15-26(16-30)17-33-18-26/h1-13,28H,14-18H2. The van der Waals surface area contributed by atoms with Crippen LogP contribution >= 0.6 is 0 Å². The van der Waals surface area contributed by atoms with Gasteiger partial charge in [0.1, 0.15) is 5.52 Å². The van der Waals surface area contributed by atoms with E-state index in [0.717, 1.165) is 54.2 Å². The number of hydrogen-bond acceptors (Lipinski definition) is 6. The third-order valence-electron chi connectivity index (χ3n) is 6.52. The van der Waals surface area contributed by atoms with Gasteiger partial charge in [0.2, 0.25) is 10.0 Å². The largest absolute Gasteiger partial charge is 0.380 e. The molecule has 8 heteroatoms. The van der Waals surface area contributed by atoms with Crippen molar-refractivity contribution in [3.05, 3.63) is 84.6 Å². The predicted molar refractivity (Wildman–Crippen MR) is 131 cm³/mol. The highest BCUT2D eigenvalue weighted by molar-refractivity contribution is 7.89. The summed E-state index contributed by atoms with van der Waals surface area (Å²) in [6.07, 6.45) is 1.81. The van der Waals surface area contributed by atoms with E-state index < -0.39 is 10.0 Å². The summed E-state index contributed by atoms with van der Waals surface area (Å²) in [5.74, 6) is 0. The zero-order valence-electron chi connectivity index (χ0n) is 18.5. The quantitative estimate of drug-likeness (QED) is 0.462. The lowest BCUT2D eigenvalue weighted by Crippen LogP contribution is -2.66. The van der Waals surface area contributed by atoms with E-state index >= 15 is 0 Å². The molecular formula is C26H24N4O3S. The van der Waals surface area contributed by atoms with Crippen LogP contribution in [0.25, 0.3) is 22.3 Å². The fourth-order valence-corrected chi connectivity index (χ4v) is 5.68. The number of rotatable bonds is 6. The van der Waals surface area contributed by atoms with Gasteiger partial charge in [-0.2, -0.15) is 0 Å². The van der Waals surface area contributed by atoms with Crippen molar-refractivity contribution in [3.8, 4) is 11.3 Å². The van der Waals surface area contributed by atoms with Gasteiger partial charge in [-0.15, -0.1) is 0 Å². The molecule has 2 fully saturated rings. The molecule has 34 heavy (non-hydrogen) atoms. The first-order valence-electron chi connectivity index (χ1n) is 11.2. The second-order valence-corrected chi connectivity index (χ2v) is 10.8. The summed E-state index contributed by atoms with van der Waals surface area (Å²) < 4.78 is 33.9. The first kappa shape index (κ1) is 21.2. The second kappa shape index (κ2) is 8.16. The lowest BCUT2D eigenvalue weighted by Gasteiger charge is -2.56. The molecule has 1 N–H and O–H groups in total. The van der Waals surface area contributed by atoms with E-state index in [0.29, 0.717) is 11.1 Å². The fourth-order valence-electron chi connectivity index (χ4n) is 4.61. The van der Waals surface area contributed by atoms with Crippen LogP contribution in [0, 0.1) is 5.41 Å². The number of fused-ring (bicyclic) bond motifs is 1. The average molecular weight is 473 g/mol. The number of hydrogen-bond donors (Lipinski definition) is 1. The number of pyridine rings is 2. The summed E-state index contributed by atoms with van der Waals surface area (Å²) >= 11 is 0. The van der Waals surface area contributed by atoms with Crippen molar-refractivity contribution in [2.75, 3.05) is 31.2 Å². The van der Waals surface area contributed by atoms with Gasteiger partial charge in [-0.05, 0) is 35.9 Å². The Morgan fingerprint density at radius 1 is 0.971 bits per heavy atom. The van der Waals surface area contributed by atoms with Gasteiger partial charge in [-0.25, -0.2) is 18.1 Å². The molecule has 4 heterocycles. The highest BCUT2D eigenvalue weighted by atomic mass is 32.2. The summed E-state index contributed by atoms with van der Waals surface area (Å²) in [6.45, 7) is 3.80. The van der Waals surface area contributed by atoms with E-state index in [4.69, 9.17) is 9.72 Å². The van der Waals surface area contributed by atoms with Crippen LogP contribution in [-0.2, 0) is 21.3 Å². The number of ether oxygens (including phenoxy) is 1. The zero-order valence-corrected chi connectivity index (χ0v) is 19.3. The third kappa shape index (κ3) is 3.83. The number of sulfonamides is 1. The molecule has 0 aliphatic carbocycles. The smallest absolute Gasteiger partial charge is 0.240 e. The Morgan fingerprint density at radius 2 is 1.79 bits per heavy atom. The highest BCUT2D eigenvalue weighted by Gasteiger charge is 2.49. The summed E-state index contributed by atoms with van der Waals surface area (Å²) in [6, 6.07) is 22.2. The van der Waals surface area contributed by atoms with Crippen LogP contribution in [0.5, 0.6) is 0 Å². The van der Waals surface area contributed by atoms with Crippen molar-refractivity contribution in [2.24, 2.45) is 5.41 Å². The molecule has 2 saturated heterocycles. The van der Waals surface area contributed by atoms with Crippen molar-refractivity contribution in [1.82, 2.24) is 14.7 Å². The van der Waals surface area contributed by atoms with Crippen LogP contribution in [0.15, 0.2) is 83.9 Å². The Kier molecular flexibility index (Phi) is 5.09. The number of nitrogens with zero attached hydrogens (tertiary/aromatic N) is 3. The van der Waals surface area contributed by atoms with Crippen molar-refractivity contribution >= 4 is 26.7 Å². The Morgan fingerprint density at radius 3 is 2.56 bits per heavy atom. The maximum atomic E-state index is 12.9. The van der Waals surface area contributed by atoms with Gasteiger partial charge in [-0.1, -0.05) is 42.5 Å². The normalized spacial score (nSPS) is 16.9. The minimum absolute atomic E-state index is 0.212. The SMILES string of the molecule is O=S(=O)(NCc1ccccc1)c1cccc(-c2ccc3nccc(N4CC5(COC5)C4)c3n2)c1. The van der Waals surface area contributed by atoms with Crippen molar-refractivity contribution in [2.45, 2.75) is 11.4 Å². The third-order valence-corrected chi connectivity index (χ3v) is 7.92. The first-order chi connectivity index (χ1) is 16.5. The van der Waals surface area contributed by atoms with Crippen molar-refractivity contribution in [3.63, 3.8) is 0 Å². The maximum absolute atomic E-state index is 12.9. The highest BCUT2D eigenvalue weighted by Crippen LogP contribution is 2.41. The molecule has 0 atom stereocenters. The second-order valence-electron chi connectivity index (χ2n) is 9.08. The van der Waals surface area contributed by atoms with Gasteiger partial charge < -0.3 is 9.64 Å². The van der Waals surface area contributed by atoms with Gasteiger partial charge in [0.05, 0.1) is 40.4 Å². The molecule has 2 aliphatic rings. The van der Waals surface area contributed by atoms with Crippen molar-refractivity contribution < 1.29 is 13.2 Å². The molecule has 6 rings (SSSR count). The van der Waals surface area contributed by atoms with E-state index in [1.54, 1.807) is 18.2 Å². The summed E-state index contributed by atoms with van der Waals surface area (Å²) in [4.78, 5) is 11.9. The van der Waals surface area contributed by atoms with E-state index in [9.17, 15) is 8.42 Å². The molecule has 2 aromatic carbocycles. The summed E-state index contributed by atoms with van der Waals surface area (Å²) in [5, 5.41) is 0. The van der Waals surface area contributed by atoms with Crippen molar-refractivity contribution in [1.29, 1.82) is 0 Å². The predicted octanol–water partition coefficient (Wildman–Crippen LogP) is 3.61. The molecule has 4 aromatic rings. The summed E-state index contributed by atoms with van der Waals surface area (Å²) in [7, 11) is -3.67. The Bertz CT molecular complexity index is 1460. The number of benzene rings is 2. The fraction of sp³-hybridized carbons (Fsp3) is 0.231. The molecule has 0 amide bonds. The molecule has 0 bridgehead atoms. The number of aromatic nitrogens is 2. The molecular weight excluding hydrogens is 448 g/mol. The monoisotopic (exact) mass is 472 g/mol. The molecule has 7 nitrogen and oxygen atoms in total. The van der Waals surface area contributed by atoms with E-state index in [2.05, 4.69) is 14.6 Å². The lowest BCUT2D eigenvalue weighted by atomic mass is 9.78. The Labute approximate surface area is 198 Å². The average Bonchev–Trinajstić information content (AvgIpc) is 2.82. The van der Waals surface area contributed by atoms with Crippen LogP contribution in [0.2, 0.25) is 0 Å². The van der Waals surface area contributed by atoms with E-state index in [1.807, 2.05) is 60.8 Å². The molecule has 2 aliphatic heterocycles. The number of nitrogens with one attached hydrogen (secondary N) is 1. The molecule has 0 unspecified atom stereocenters. The topological polar surface area (TPSA) is 84.4 Å². The minimum Gasteiger partial charge on any atom is -0.380 e. The molecule has 172 valence electrons. The van der Waals surface area contributed by atoms with Gasteiger partial charge in [0.15, 0.2) is 0 Å². The van der Waals surface area contributed by atoms with Crippen LogP contribution in [0.4, 0.5) is 5.69 Å². The maximum Gasteiger partial charge on any atom is 0.240 e. The Hall–Kier alpha value is -3.33. The van der Waals surface area contributed by atoms with E-state index in [1.165, 1.54) is 0 Å². The van der Waals surface area contributed by atoms with Gasteiger partial charge in [0, 0.05) is 31.4 Å². The van der Waals surface area contributed by atoms with E-state index in [-0.39, 0.29) is 11.4 Å². The minimum atomic E-state index is -3.67. The van der Waals surface area contributed by atoms with Crippen LogP contribution in [-0.4, -0.2) is 44.7 Å². The molecule has 1 spiro atoms.